The van der Waals surface area contributed by atoms with Crippen molar-refractivity contribution in [3.63, 3.8) is 0 Å². The largest absolute Gasteiger partial charge is 0.490 e. The third-order valence-electron chi connectivity index (χ3n) is 3.93. The van der Waals surface area contributed by atoms with Crippen LogP contribution in [0.5, 0.6) is 11.5 Å². The van der Waals surface area contributed by atoms with Gasteiger partial charge in [-0.2, -0.15) is 0 Å². The molecule has 23 heavy (non-hydrogen) atoms. The van der Waals surface area contributed by atoms with E-state index < -0.39 is 0 Å². The van der Waals surface area contributed by atoms with E-state index in [-0.39, 0.29) is 6.10 Å². The molecule has 0 radical (unpaired) electrons. The Balaban J connectivity index is 1.82. The van der Waals surface area contributed by atoms with Crippen molar-refractivity contribution < 1.29 is 14.2 Å². The molecule has 3 heteroatoms. The lowest BCUT2D eigenvalue weighted by molar-refractivity contribution is 0.0531. The first-order valence-electron chi connectivity index (χ1n) is 8.42. The van der Waals surface area contributed by atoms with Gasteiger partial charge in [-0.05, 0) is 29.7 Å². The Bertz CT molecular complexity index is 610. The van der Waals surface area contributed by atoms with E-state index in [0.717, 1.165) is 42.9 Å². The minimum Gasteiger partial charge on any atom is -0.490 e. The Morgan fingerprint density at radius 1 is 1.00 bits per heavy atom. The van der Waals surface area contributed by atoms with Crippen LogP contribution >= 0.6 is 0 Å². The Morgan fingerprint density at radius 2 is 1.78 bits per heavy atom. The van der Waals surface area contributed by atoms with Crippen LogP contribution in [0.2, 0.25) is 0 Å². The molecule has 0 bridgehead atoms. The summed E-state index contributed by atoms with van der Waals surface area (Å²) in [6.07, 6.45) is 2.83. The minimum atomic E-state index is 0.0366. The van der Waals surface area contributed by atoms with E-state index in [9.17, 15) is 0 Å². The second-order valence-corrected chi connectivity index (χ2v) is 5.81. The Labute approximate surface area is 138 Å². The summed E-state index contributed by atoms with van der Waals surface area (Å²) < 4.78 is 17.6. The highest BCUT2D eigenvalue weighted by atomic mass is 16.5. The zero-order valence-electron chi connectivity index (χ0n) is 13.7. The summed E-state index contributed by atoms with van der Waals surface area (Å²) >= 11 is 0. The van der Waals surface area contributed by atoms with Crippen molar-refractivity contribution in [2.75, 3.05) is 19.8 Å². The van der Waals surface area contributed by atoms with Gasteiger partial charge in [-0.25, -0.2) is 0 Å². The summed E-state index contributed by atoms with van der Waals surface area (Å²) in [6.45, 7) is 4.31. The van der Waals surface area contributed by atoms with Crippen LogP contribution < -0.4 is 9.47 Å². The normalized spacial score (nSPS) is 15.0. The Morgan fingerprint density at radius 3 is 2.57 bits per heavy atom. The van der Waals surface area contributed by atoms with Gasteiger partial charge in [0.1, 0.15) is 0 Å². The molecule has 0 saturated carbocycles. The second-order valence-electron chi connectivity index (χ2n) is 5.81. The topological polar surface area (TPSA) is 27.7 Å². The van der Waals surface area contributed by atoms with Crippen molar-refractivity contribution in [2.24, 2.45) is 0 Å². The second kappa shape index (κ2) is 8.02. The summed E-state index contributed by atoms with van der Waals surface area (Å²) in [5, 5.41) is 0. The molecule has 0 N–H and O–H groups in total. The fourth-order valence-electron chi connectivity index (χ4n) is 2.74. The standard InChI is InChI=1S/C20H24O3/c1-2-11-21-19(14-16-7-4-3-5-8-16)17-9-10-18-20(15-17)23-13-6-12-22-18/h3-5,7-10,15,19H,2,6,11-14H2,1H3. The lowest BCUT2D eigenvalue weighted by Crippen LogP contribution is -2.09. The van der Waals surface area contributed by atoms with Crippen molar-refractivity contribution in [1.82, 2.24) is 0 Å². The van der Waals surface area contributed by atoms with E-state index in [1.54, 1.807) is 0 Å². The first-order valence-corrected chi connectivity index (χ1v) is 8.42. The van der Waals surface area contributed by atoms with E-state index in [1.807, 2.05) is 12.1 Å². The Hall–Kier alpha value is -2.00. The van der Waals surface area contributed by atoms with Gasteiger partial charge in [-0.3, -0.25) is 0 Å². The van der Waals surface area contributed by atoms with Crippen molar-refractivity contribution in [3.05, 3.63) is 59.7 Å². The Kier molecular flexibility index (Phi) is 5.54. The summed E-state index contributed by atoms with van der Waals surface area (Å²) in [5.74, 6) is 1.67. The minimum absolute atomic E-state index is 0.0366. The maximum absolute atomic E-state index is 6.11. The maximum atomic E-state index is 6.11. The van der Waals surface area contributed by atoms with Gasteiger partial charge in [-0.15, -0.1) is 0 Å². The molecule has 2 aromatic carbocycles. The lowest BCUT2D eigenvalue weighted by Gasteiger charge is -2.20. The van der Waals surface area contributed by atoms with Gasteiger partial charge >= 0.3 is 0 Å². The van der Waals surface area contributed by atoms with Crippen molar-refractivity contribution >= 4 is 0 Å². The highest BCUT2D eigenvalue weighted by Crippen LogP contribution is 2.34. The molecule has 122 valence electrons. The van der Waals surface area contributed by atoms with Crippen LogP contribution in [0.3, 0.4) is 0 Å². The number of benzene rings is 2. The predicted octanol–water partition coefficient (Wildman–Crippen LogP) is 4.56. The molecule has 0 spiro atoms. The van der Waals surface area contributed by atoms with Crippen molar-refractivity contribution in [1.29, 1.82) is 0 Å². The molecule has 3 rings (SSSR count). The fourth-order valence-corrected chi connectivity index (χ4v) is 2.74. The predicted molar refractivity (Wildman–Crippen MR) is 91.2 cm³/mol. The third kappa shape index (κ3) is 4.26. The molecule has 3 nitrogen and oxygen atoms in total. The zero-order valence-corrected chi connectivity index (χ0v) is 13.7. The molecule has 1 atom stereocenters. The number of hydrogen-bond acceptors (Lipinski definition) is 3. The van der Waals surface area contributed by atoms with Crippen LogP contribution in [-0.2, 0) is 11.2 Å². The molecular formula is C20H24O3. The monoisotopic (exact) mass is 312 g/mol. The van der Waals surface area contributed by atoms with Gasteiger partial charge in [0.25, 0.3) is 0 Å². The van der Waals surface area contributed by atoms with Gasteiger partial charge in [0.2, 0.25) is 0 Å². The fraction of sp³-hybridized carbons (Fsp3) is 0.400. The quantitative estimate of drug-likeness (QED) is 0.782. The average molecular weight is 312 g/mol. The molecule has 2 aromatic rings. The van der Waals surface area contributed by atoms with Crippen LogP contribution in [-0.4, -0.2) is 19.8 Å². The van der Waals surface area contributed by atoms with Crippen LogP contribution in [0.4, 0.5) is 0 Å². The number of fused-ring (bicyclic) bond motifs is 1. The molecular weight excluding hydrogens is 288 g/mol. The number of ether oxygens (including phenoxy) is 3. The molecule has 0 amide bonds. The van der Waals surface area contributed by atoms with Crippen molar-refractivity contribution in [3.8, 4) is 11.5 Å². The average Bonchev–Trinajstić information content (AvgIpc) is 2.84. The molecule has 1 unspecified atom stereocenters. The SMILES string of the molecule is CCCOC(Cc1ccccc1)c1ccc2c(c1)OCCCO2. The number of hydrogen-bond donors (Lipinski definition) is 0. The molecule has 1 aliphatic heterocycles. The van der Waals surface area contributed by atoms with Gasteiger partial charge < -0.3 is 14.2 Å². The highest BCUT2D eigenvalue weighted by Gasteiger charge is 2.17. The summed E-state index contributed by atoms with van der Waals surface area (Å²) in [7, 11) is 0. The molecule has 0 aromatic heterocycles. The number of rotatable bonds is 6. The van der Waals surface area contributed by atoms with Gasteiger partial charge in [0, 0.05) is 19.4 Å². The van der Waals surface area contributed by atoms with E-state index in [2.05, 4.69) is 43.3 Å². The summed E-state index contributed by atoms with van der Waals surface area (Å²) in [5.41, 5.74) is 2.42. The summed E-state index contributed by atoms with van der Waals surface area (Å²) in [4.78, 5) is 0. The van der Waals surface area contributed by atoms with E-state index in [4.69, 9.17) is 14.2 Å². The van der Waals surface area contributed by atoms with Crippen molar-refractivity contribution in [2.45, 2.75) is 32.3 Å². The first kappa shape index (κ1) is 15.9. The maximum Gasteiger partial charge on any atom is 0.161 e. The molecule has 0 saturated heterocycles. The molecule has 0 fully saturated rings. The van der Waals surface area contributed by atoms with Crippen LogP contribution in [0.1, 0.15) is 37.0 Å². The van der Waals surface area contributed by atoms with Crippen LogP contribution in [0.15, 0.2) is 48.5 Å². The first-order chi connectivity index (χ1) is 11.4. The zero-order chi connectivity index (χ0) is 15.9. The van der Waals surface area contributed by atoms with E-state index in [0.29, 0.717) is 13.2 Å². The molecule has 1 aliphatic rings. The third-order valence-corrected chi connectivity index (χ3v) is 3.93. The van der Waals surface area contributed by atoms with Crippen LogP contribution in [0, 0.1) is 0 Å². The van der Waals surface area contributed by atoms with Gasteiger partial charge in [0.15, 0.2) is 11.5 Å². The molecule has 1 heterocycles. The van der Waals surface area contributed by atoms with Gasteiger partial charge in [-0.1, -0.05) is 43.3 Å². The summed E-state index contributed by atoms with van der Waals surface area (Å²) in [6, 6.07) is 16.6. The highest BCUT2D eigenvalue weighted by molar-refractivity contribution is 5.44. The molecule has 0 aliphatic carbocycles. The van der Waals surface area contributed by atoms with E-state index >= 15 is 0 Å². The van der Waals surface area contributed by atoms with Crippen LogP contribution in [0.25, 0.3) is 0 Å². The smallest absolute Gasteiger partial charge is 0.161 e. The lowest BCUT2D eigenvalue weighted by atomic mass is 10.0. The van der Waals surface area contributed by atoms with Gasteiger partial charge in [0.05, 0.1) is 19.3 Å². The van der Waals surface area contributed by atoms with E-state index in [1.165, 1.54) is 5.56 Å².